The zero-order chi connectivity index (χ0) is 20.6. The molecule has 1 aromatic carbocycles. The molecule has 0 saturated heterocycles. The number of benzene rings is 1. The summed E-state index contributed by atoms with van der Waals surface area (Å²) in [6.07, 6.45) is -7.60. The Bertz CT molecular complexity index is 853. The van der Waals surface area contributed by atoms with Crippen LogP contribution in [-0.2, 0) is 12.4 Å². The van der Waals surface area contributed by atoms with Crippen LogP contribution in [0.3, 0.4) is 0 Å². The maximum atomic E-state index is 13.0. The largest absolute Gasteiger partial charge is 0.418 e. The molecule has 0 fully saturated rings. The minimum absolute atomic E-state index is 0.0473. The predicted octanol–water partition coefficient (Wildman–Crippen LogP) is 2.33. The van der Waals surface area contributed by atoms with Crippen LogP contribution in [0.15, 0.2) is 24.4 Å². The van der Waals surface area contributed by atoms with Gasteiger partial charge in [-0.05, 0) is 23.1 Å². The molecular weight excluding hydrogens is 384 g/mol. The molecule has 0 aliphatic heterocycles. The zero-order valence-electron chi connectivity index (χ0n) is 13.8. The van der Waals surface area contributed by atoms with Gasteiger partial charge in [-0.1, -0.05) is 0 Å². The van der Waals surface area contributed by atoms with Gasteiger partial charge < -0.3 is 15.0 Å². The Morgan fingerprint density at radius 1 is 1.07 bits per heavy atom. The van der Waals surface area contributed by atoms with Crippen LogP contribution in [0.2, 0.25) is 0 Å². The van der Waals surface area contributed by atoms with Crippen molar-refractivity contribution in [2.75, 3.05) is 14.1 Å². The van der Waals surface area contributed by atoms with Crippen LogP contribution in [0.1, 0.15) is 16.8 Å². The lowest BCUT2D eigenvalue weighted by Gasteiger charge is -2.14. The first kappa shape index (κ1) is 20.4. The van der Waals surface area contributed by atoms with Gasteiger partial charge in [0.2, 0.25) is 0 Å². The molecule has 27 heavy (non-hydrogen) atoms. The van der Waals surface area contributed by atoms with E-state index in [1.807, 2.05) is 0 Å². The van der Waals surface area contributed by atoms with E-state index in [1.54, 1.807) is 14.1 Å². The van der Waals surface area contributed by atoms with Crippen LogP contribution >= 0.6 is 0 Å². The molecule has 2 aromatic rings. The van der Waals surface area contributed by atoms with E-state index in [4.69, 9.17) is 0 Å². The van der Waals surface area contributed by atoms with Crippen molar-refractivity contribution in [3.05, 3.63) is 51.3 Å². The van der Waals surface area contributed by atoms with E-state index < -0.39 is 39.9 Å². The first-order valence-corrected chi connectivity index (χ1v) is 7.19. The third-order valence-corrected chi connectivity index (χ3v) is 3.25. The van der Waals surface area contributed by atoms with Crippen molar-refractivity contribution in [2.24, 2.45) is 0 Å². The Balaban J connectivity index is 2.76. The normalized spacial score (nSPS) is 12.9. The molecule has 0 saturated carbocycles. The molecule has 0 aliphatic rings. The average Bonchev–Trinajstić information content (AvgIpc) is 2.94. The fraction of sp³-hybridized carbons (Fsp3) is 0.286. The topological polar surface area (TPSA) is 78.3 Å². The highest BCUT2D eigenvalue weighted by Gasteiger charge is 2.38. The number of nitrogens with zero attached hydrogens (tertiary/aromatic N) is 4. The first-order valence-electron chi connectivity index (χ1n) is 7.19. The summed E-state index contributed by atoms with van der Waals surface area (Å²) in [5.74, 6) is -0.807. The number of hydrogen-bond acceptors (Lipinski definition) is 4. The highest BCUT2D eigenvalue weighted by molar-refractivity contribution is 5.56. The van der Waals surface area contributed by atoms with Gasteiger partial charge in [0, 0.05) is 6.08 Å². The third-order valence-electron chi connectivity index (χ3n) is 3.25. The van der Waals surface area contributed by atoms with Crippen molar-refractivity contribution in [2.45, 2.75) is 12.4 Å². The van der Waals surface area contributed by atoms with Crippen molar-refractivity contribution < 1.29 is 36.2 Å². The lowest BCUT2D eigenvalue weighted by molar-refractivity contribution is -0.800. The maximum Gasteiger partial charge on any atom is 0.418 e. The Kier molecular flexibility index (Phi) is 5.26. The summed E-state index contributed by atoms with van der Waals surface area (Å²) < 4.78 is 78.6. The van der Waals surface area contributed by atoms with Gasteiger partial charge in [-0.2, -0.15) is 31.0 Å². The van der Waals surface area contributed by atoms with Gasteiger partial charge in [0.15, 0.2) is 5.69 Å². The van der Waals surface area contributed by atoms with Crippen LogP contribution in [-0.4, -0.2) is 34.0 Å². The summed E-state index contributed by atoms with van der Waals surface area (Å²) in [7, 11) is 3.28. The zero-order valence-corrected chi connectivity index (χ0v) is 13.8. The molecule has 1 N–H and O–H groups in total. The van der Waals surface area contributed by atoms with Gasteiger partial charge in [-0.25, -0.2) is 0 Å². The van der Waals surface area contributed by atoms with Crippen molar-refractivity contribution in [1.29, 1.82) is 0 Å². The molecule has 7 nitrogen and oxygen atoms in total. The fourth-order valence-corrected chi connectivity index (χ4v) is 2.05. The molecule has 0 amide bonds. The quantitative estimate of drug-likeness (QED) is 0.489. The molecule has 146 valence electrons. The van der Waals surface area contributed by atoms with Crippen LogP contribution in [0, 0.1) is 10.1 Å². The van der Waals surface area contributed by atoms with Gasteiger partial charge in [-0.3, -0.25) is 0 Å². The van der Waals surface area contributed by atoms with Gasteiger partial charge in [0.1, 0.15) is 5.10 Å². The van der Waals surface area contributed by atoms with E-state index in [-0.39, 0.29) is 11.8 Å². The summed E-state index contributed by atoms with van der Waals surface area (Å²) in [5, 5.41) is 17.7. The van der Waals surface area contributed by atoms with Gasteiger partial charge >= 0.3 is 18.2 Å². The lowest BCUT2D eigenvalue weighted by atomic mass is 10.1. The van der Waals surface area contributed by atoms with E-state index in [9.17, 15) is 36.5 Å². The highest BCUT2D eigenvalue weighted by atomic mass is 19.4. The number of rotatable bonds is 4. The smallest absolute Gasteiger partial charge is 0.358 e. The molecule has 0 spiro atoms. The SMILES string of the molecule is C[NH+](C)/C=C/c1c([N+](=O)[O-])nnn1-c1cc(C(F)(F)F)cc(C(F)(F)F)c1. The number of quaternary nitrogens is 1. The van der Waals surface area contributed by atoms with Crippen molar-refractivity contribution in [1.82, 2.24) is 15.0 Å². The Hall–Kier alpha value is -2.96. The summed E-state index contributed by atoms with van der Waals surface area (Å²) >= 11 is 0. The second-order valence-electron chi connectivity index (χ2n) is 5.64. The number of hydrogen-bond donors (Lipinski definition) is 1. The predicted molar refractivity (Wildman–Crippen MR) is 79.9 cm³/mol. The number of aromatic nitrogens is 3. The molecular formula is C14H12F6N5O2+. The Morgan fingerprint density at radius 3 is 2.00 bits per heavy atom. The summed E-state index contributed by atoms with van der Waals surface area (Å²) in [6.45, 7) is 0. The molecule has 0 bridgehead atoms. The number of nitrogens with one attached hydrogen (secondary N) is 1. The van der Waals surface area contributed by atoms with Crippen molar-refractivity contribution >= 4 is 11.9 Å². The lowest BCUT2D eigenvalue weighted by Crippen LogP contribution is -3.00. The van der Waals surface area contributed by atoms with E-state index in [0.717, 1.165) is 6.08 Å². The maximum absolute atomic E-state index is 13.0. The summed E-state index contributed by atoms with van der Waals surface area (Å²) in [6, 6.07) is 0.773. The number of halogens is 6. The van der Waals surface area contributed by atoms with Crippen LogP contribution in [0.4, 0.5) is 32.2 Å². The molecule has 2 rings (SSSR count). The van der Waals surface area contributed by atoms with Gasteiger partial charge in [0.25, 0.3) is 0 Å². The van der Waals surface area contributed by atoms with Crippen molar-refractivity contribution in [3.8, 4) is 5.69 Å². The molecule has 13 heteroatoms. The molecule has 0 atom stereocenters. The van der Waals surface area contributed by atoms with E-state index >= 15 is 0 Å². The van der Waals surface area contributed by atoms with E-state index in [1.165, 1.54) is 6.20 Å². The van der Waals surface area contributed by atoms with Crippen LogP contribution in [0.25, 0.3) is 11.8 Å². The average molecular weight is 396 g/mol. The molecule has 0 unspecified atom stereocenters. The van der Waals surface area contributed by atoms with E-state index in [2.05, 4.69) is 10.3 Å². The van der Waals surface area contributed by atoms with E-state index in [0.29, 0.717) is 21.7 Å². The minimum Gasteiger partial charge on any atom is -0.358 e. The fourth-order valence-electron chi connectivity index (χ4n) is 2.05. The first-order chi connectivity index (χ1) is 12.3. The molecule has 0 radical (unpaired) electrons. The second kappa shape index (κ2) is 6.98. The van der Waals surface area contributed by atoms with Gasteiger partial charge in [0.05, 0.1) is 42.3 Å². The monoisotopic (exact) mass is 396 g/mol. The van der Waals surface area contributed by atoms with Gasteiger partial charge in [-0.15, -0.1) is 0 Å². The second-order valence-corrected chi connectivity index (χ2v) is 5.64. The third kappa shape index (κ3) is 4.61. The molecule has 0 aliphatic carbocycles. The number of nitro groups is 1. The minimum atomic E-state index is -5.06. The van der Waals surface area contributed by atoms with Crippen LogP contribution in [0.5, 0.6) is 0 Å². The Labute approximate surface area is 147 Å². The highest BCUT2D eigenvalue weighted by Crippen LogP contribution is 2.37. The number of alkyl halides is 6. The summed E-state index contributed by atoms with van der Waals surface area (Å²) in [4.78, 5) is 10.8. The van der Waals surface area contributed by atoms with Crippen LogP contribution < -0.4 is 4.90 Å². The summed E-state index contributed by atoms with van der Waals surface area (Å²) in [5.41, 5.74) is -4.17. The Morgan fingerprint density at radius 2 is 1.59 bits per heavy atom. The molecule has 1 heterocycles. The molecule has 1 aromatic heterocycles. The van der Waals surface area contributed by atoms with Crippen molar-refractivity contribution in [3.63, 3.8) is 0 Å². The standard InChI is InChI=1S/C14H11F6N5O2/c1-23(2)4-3-11-12(25(26)27)21-22-24(11)10-6-8(13(15,16)17)5-9(7-10)14(18,19)20/h3-7H,1-2H3/p+1/b4-3+.